The number of nitrogen functional groups attached to an aromatic ring is 1. The van der Waals surface area contributed by atoms with Gasteiger partial charge in [0.2, 0.25) is 0 Å². The van der Waals surface area contributed by atoms with Crippen molar-refractivity contribution in [3.05, 3.63) is 23.8 Å². The molecule has 1 aromatic rings. The number of thioether (sulfide) groups is 1. The number of carbonyl (C=O) groups is 1. The number of benzene rings is 1. The molecule has 20 heavy (non-hydrogen) atoms. The molecule has 112 valence electrons. The van der Waals surface area contributed by atoms with Crippen molar-refractivity contribution in [2.24, 2.45) is 0 Å². The van der Waals surface area contributed by atoms with E-state index in [4.69, 9.17) is 10.5 Å². The van der Waals surface area contributed by atoms with Crippen molar-refractivity contribution in [3.8, 4) is 5.75 Å². The van der Waals surface area contributed by atoms with Gasteiger partial charge in [-0.05, 0) is 32.2 Å². The molecule has 0 spiro atoms. The molecule has 4 N–H and O–H groups in total. The standard InChI is InChI=1S/C14H22N2O3S/c1-4-19-12-6-10(5-11(15)7-12)13(17)16-8-14(2,18)9-20-3/h5-7,18H,4,8-9,15H2,1-3H3,(H,16,17). The first-order valence-corrected chi connectivity index (χ1v) is 7.80. The van der Waals surface area contributed by atoms with Gasteiger partial charge >= 0.3 is 0 Å². The van der Waals surface area contributed by atoms with Gasteiger partial charge in [0, 0.05) is 29.6 Å². The van der Waals surface area contributed by atoms with Crippen molar-refractivity contribution >= 4 is 23.4 Å². The highest BCUT2D eigenvalue weighted by atomic mass is 32.2. The van der Waals surface area contributed by atoms with Crippen LogP contribution in [0.25, 0.3) is 0 Å². The minimum atomic E-state index is -0.932. The van der Waals surface area contributed by atoms with Crippen molar-refractivity contribution in [2.75, 3.05) is 30.9 Å². The number of carbonyl (C=O) groups excluding carboxylic acids is 1. The molecule has 0 fully saturated rings. The van der Waals surface area contributed by atoms with E-state index >= 15 is 0 Å². The molecule has 0 bridgehead atoms. The second-order valence-corrected chi connectivity index (χ2v) is 5.70. The quantitative estimate of drug-likeness (QED) is 0.665. The van der Waals surface area contributed by atoms with Crippen LogP contribution in [0.5, 0.6) is 5.75 Å². The Hall–Kier alpha value is -1.40. The average Bonchev–Trinajstić information content (AvgIpc) is 2.35. The summed E-state index contributed by atoms with van der Waals surface area (Å²) in [5.41, 5.74) is 5.71. The number of nitrogens with two attached hydrogens (primary N) is 1. The fourth-order valence-electron chi connectivity index (χ4n) is 1.74. The van der Waals surface area contributed by atoms with E-state index in [1.54, 1.807) is 25.1 Å². The van der Waals surface area contributed by atoms with Crippen LogP contribution in [0, 0.1) is 0 Å². The van der Waals surface area contributed by atoms with Crippen molar-refractivity contribution in [1.82, 2.24) is 5.32 Å². The average molecular weight is 298 g/mol. The highest BCUT2D eigenvalue weighted by Crippen LogP contribution is 2.19. The topological polar surface area (TPSA) is 84.6 Å². The normalized spacial score (nSPS) is 13.6. The molecule has 1 amide bonds. The second-order valence-electron chi connectivity index (χ2n) is 4.84. The van der Waals surface area contributed by atoms with E-state index in [-0.39, 0.29) is 12.5 Å². The number of nitrogens with one attached hydrogen (secondary N) is 1. The summed E-state index contributed by atoms with van der Waals surface area (Å²) in [4.78, 5) is 12.1. The molecule has 6 heteroatoms. The zero-order valence-corrected chi connectivity index (χ0v) is 12.9. The fourth-order valence-corrected chi connectivity index (χ4v) is 2.46. The molecule has 1 atom stereocenters. The monoisotopic (exact) mass is 298 g/mol. The van der Waals surface area contributed by atoms with E-state index in [2.05, 4.69) is 5.32 Å². The van der Waals surface area contributed by atoms with Crippen LogP contribution >= 0.6 is 11.8 Å². The van der Waals surface area contributed by atoms with Crippen molar-refractivity contribution in [3.63, 3.8) is 0 Å². The van der Waals surface area contributed by atoms with Gasteiger partial charge in [-0.25, -0.2) is 0 Å². The molecule has 0 aliphatic heterocycles. The molecule has 0 heterocycles. The van der Waals surface area contributed by atoms with Gasteiger partial charge in [-0.3, -0.25) is 4.79 Å². The van der Waals surface area contributed by atoms with Crippen molar-refractivity contribution < 1.29 is 14.6 Å². The minimum Gasteiger partial charge on any atom is -0.494 e. The fraction of sp³-hybridized carbons (Fsp3) is 0.500. The summed E-state index contributed by atoms with van der Waals surface area (Å²) in [6.07, 6.45) is 1.91. The van der Waals surface area contributed by atoms with E-state index in [1.807, 2.05) is 13.2 Å². The molecular weight excluding hydrogens is 276 g/mol. The van der Waals surface area contributed by atoms with Gasteiger partial charge in [-0.15, -0.1) is 0 Å². The third kappa shape index (κ3) is 5.30. The number of ether oxygens (including phenoxy) is 1. The van der Waals surface area contributed by atoms with Gasteiger partial charge in [0.05, 0.1) is 12.2 Å². The zero-order valence-electron chi connectivity index (χ0n) is 12.1. The number of aliphatic hydroxyl groups is 1. The van der Waals surface area contributed by atoms with Crippen LogP contribution in [0.4, 0.5) is 5.69 Å². The van der Waals surface area contributed by atoms with E-state index in [1.165, 1.54) is 11.8 Å². The van der Waals surface area contributed by atoms with Crippen LogP contribution in [0.15, 0.2) is 18.2 Å². The lowest BCUT2D eigenvalue weighted by molar-refractivity contribution is 0.0725. The predicted octanol–water partition coefficient (Wildman–Crippen LogP) is 1.51. The Kier molecular flexibility index (Phi) is 6.16. The molecule has 1 rings (SSSR count). The summed E-state index contributed by atoms with van der Waals surface area (Å²) < 4.78 is 5.35. The molecule has 5 nitrogen and oxygen atoms in total. The highest BCUT2D eigenvalue weighted by molar-refractivity contribution is 7.98. The summed E-state index contributed by atoms with van der Waals surface area (Å²) in [5, 5.41) is 12.7. The summed E-state index contributed by atoms with van der Waals surface area (Å²) in [6, 6.07) is 4.89. The molecule has 0 aliphatic rings. The Balaban J connectivity index is 2.72. The second kappa shape index (κ2) is 7.40. The maximum Gasteiger partial charge on any atom is 0.251 e. The molecule has 0 aromatic heterocycles. The number of amides is 1. The number of hydrogen-bond donors (Lipinski definition) is 3. The van der Waals surface area contributed by atoms with Gasteiger partial charge in [0.15, 0.2) is 0 Å². The molecule has 1 unspecified atom stereocenters. The first-order chi connectivity index (χ1) is 9.38. The number of rotatable bonds is 7. The number of anilines is 1. The maximum absolute atomic E-state index is 12.1. The Morgan fingerprint density at radius 3 is 2.80 bits per heavy atom. The van der Waals surface area contributed by atoms with Crippen molar-refractivity contribution in [2.45, 2.75) is 19.4 Å². The van der Waals surface area contributed by atoms with E-state index in [0.717, 1.165) is 0 Å². The summed E-state index contributed by atoms with van der Waals surface area (Å²) >= 11 is 1.53. The third-order valence-corrected chi connectivity index (χ3v) is 3.50. The largest absolute Gasteiger partial charge is 0.494 e. The van der Waals surface area contributed by atoms with Crippen LogP contribution in [0.1, 0.15) is 24.2 Å². The van der Waals surface area contributed by atoms with Crippen LogP contribution in [0.3, 0.4) is 0 Å². The van der Waals surface area contributed by atoms with Crippen LogP contribution in [-0.4, -0.2) is 41.8 Å². The Morgan fingerprint density at radius 1 is 1.50 bits per heavy atom. The lowest BCUT2D eigenvalue weighted by atomic mass is 10.1. The summed E-state index contributed by atoms with van der Waals surface area (Å²) in [5.74, 6) is 0.835. The van der Waals surface area contributed by atoms with Crippen LogP contribution in [0.2, 0.25) is 0 Å². The first kappa shape index (κ1) is 16.7. The minimum absolute atomic E-state index is 0.186. The van der Waals surface area contributed by atoms with E-state index in [0.29, 0.717) is 29.4 Å². The molecular formula is C14H22N2O3S. The maximum atomic E-state index is 12.1. The third-order valence-electron chi connectivity index (χ3n) is 2.59. The number of hydrogen-bond acceptors (Lipinski definition) is 5. The van der Waals surface area contributed by atoms with Crippen LogP contribution < -0.4 is 15.8 Å². The summed E-state index contributed by atoms with van der Waals surface area (Å²) in [7, 11) is 0. The lowest BCUT2D eigenvalue weighted by Crippen LogP contribution is -2.42. The molecule has 0 saturated carbocycles. The Bertz CT molecular complexity index is 464. The van der Waals surface area contributed by atoms with E-state index < -0.39 is 5.60 Å². The molecule has 0 radical (unpaired) electrons. The van der Waals surface area contributed by atoms with Crippen molar-refractivity contribution in [1.29, 1.82) is 0 Å². The van der Waals surface area contributed by atoms with Crippen LogP contribution in [-0.2, 0) is 0 Å². The van der Waals surface area contributed by atoms with Gasteiger partial charge in [0.1, 0.15) is 5.75 Å². The Morgan fingerprint density at radius 2 is 2.20 bits per heavy atom. The first-order valence-electron chi connectivity index (χ1n) is 6.41. The van der Waals surface area contributed by atoms with Gasteiger partial charge in [-0.2, -0.15) is 11.8 Å². The smallest absolute Gasteiger partial charge is 0.251 e. The molecule has 1 aromatic carbocycles. The van der Waals surface area contributed by atoms with Gasteiger partial charge in [-0.1, -0.05) is 0 Å². The predicted molar refractivity (Wildman–Crippen MR) is 83.4 cm³/mol. The summed E-state index contributed by atoms with van der Waals surface area (Å²) in [6.45, 7) is 4.25. The molecule has 0 saturated heterocycles. The SMILES string of the molecule is CCOc1cc(N)cc(C(=O)NCC(C)(O)CSC)c1. The molecule has 0 aliphatic carbocycles. The van der Waals surface area contributed by atoms with Gasteiger partial charge in [0.25, 0.3) is 5.91 Å². The lowest BCUT2D eigenvalue weighted by Gasteiger charge is -2.22. The zero-order chi connectivity index (χ0) is 15.2. The van der Waals surface area contributed by atoms with Gasteiger partial charge < -0.3 is 20.9 Å². The highest BCUT2D eigenvalue weighted by Gasteiger charge is 2.21. The Labute approximate surface area is 123 Å². The van der Waals surface area contributed by atoms with E-state index in [9.17, 15) is 9.90 Å².